The van der Waals surface area contributed by atoms with Crippen LogP contribution < -0.4 is 10.1 Å². The minimum absolute atomic E-state index is 0.222. The molecule has 1 amide bonds. The third-order valence-corrected chi connectivity index (χ3v) is 6.09. The molecule has 0 saturated carbocycles. The van der Waals surface area contributed by atoms with E-state index >= 15 is 0 Å². The van der Waals surface area contributed by atoms with Gasteiger partial charge in [0.2, 0.25) is 0 Å². The zero-order valence-electron chi connectivity index (χ0n) is 18.4. The van der Waals surface area contributed by atoms with Gasteiger partial charge in [-0.15, -0.1) is 0 Å². The van der Waals surface area contributed by atoms with Crippen LogP contribution in [0.3, 0.4) is 0 Å². The van der Waals surface area contributed by atoms with Gasteiger partial charge in [0.05, 0.1) is 12.1 Å². The first kappa shape index (κ1) is 20.8. The van der Waals surface area contributed by atoms with Gasteiger partial charge < -0.3 is 19.7 Å². The number of hydrogen-bond donors (Lipinski definition) is 2. The van der Waals surface area contributed by atoms with E-state index in [4.69, 9.17) is 9.47 Å². The number of ether oxygens (including phenoxy) is 2. The van der Waals surface area contributed by atoms with Gasteiger partial charge in [0.15, 0.2) is 0 Å². The topological polar surface area (TPSA) is 82.7 Å². The van der Waals surface area contributed by atoms with E-state index < -0.39 is 6.09 Å². The Morgan fingerprint density at radius 2 is 1.94 bits per heavy atom. The minimum atomic E-state index is -0.409. The Morgan fingerprint density at radius 3 is 2.81 bits per heavy atom. The van der Waals surface area contributed by atoms with Gasteiger partial charge in [-0.25, -0.2) is 4.79 Å². The van der Waals surface area contributed by atoms with E-state index in [0.717, 1.165) is 66.2 Å². The number of aromatic amines is 1. The van der Waals surface area contributed by atoms with Crippen LogP contribution in [0, 0.1) is 0 Å². The lowest BCUT2D eigenvalue weighted by molar-refractivity contribution is 0.138. The van der Waals surface area contributed by atoms with Crippen LogP contribution in [0.5, 0.6) is 5.75 Å². The quantitative estimate of drug-likeness (QED) is 0.644. The van der Waals surface area contributed by atoms with Crippen molar-refractivity contribution in [2.75, 3.05) is 46.4 Å². The maximum atomic E-state index is 12.1. The number of H-pyrrole nitrogens is 1. The van der Waals surface area contributed by atoms with Crippen LogP contribution in [-0.2, 0) is 17.9 Å². The number of fused-ring (bicyclic) bond motifs is 4. The van der Waals surface area contributed by atoms with E-state index in [1.54, 1.807) is 0 Å². The fourth-order valence-corrected chi connectivity index (χ4v) is 4.29. The predicted octanol–water partition coefficient (Wildman–Crippen LogP) is 2.99. The molecule has 8 heteroatoms. The Hall–Kier alpha value is -3.10. The predicted molar refractivity (Wildman–Crippen MR) is 123 cm³/mol. The summed E-state index contributed by atoms with van der Waals surface area (Å²) in [6.07, 6.45) is 0.294. The third kappa shape index (κ3) is 4.71. The summed E-state index contributed by atoms with van der Waals surface area (Å²) in [7, 11) is 2.16. The molecular weight excluding hydrogens is 406 g/mol. The van der Waals surface area contributed by atoms with E-state index in [2.05, 4.69) is 50.6 Å². The molecule has 2 aliphatic heterocycles. The lowest BCUT2D eigenvalue weighted by Crippen LogP contribution is -2.43. The van der Waals surface area contributed by atoms with Crippen molar-refractivity contribution in [3.8, 4) is 17.0 Å². The molecule has 1 aromatic heterocycles. The largest absolute Gasteiger partial charge is 0.494 e. The average molecular weight is 436 g/mol. The maximum Gasteiger partial charge on any atom is 0.407 e. The molecule has 4 bridgehead atoms. The summed E-state index contributed by atoms with van der Waals surface area (Å²) in [6.45, 7) is 6.33. The molecule has 0 unspecified atom stereocenters. The highest BCUT2D eigenvalue weighted by atomic mass is 16.5. The standard InChI is InChI=1S/C24H29N5O3/c1-28-6-8-29(9-7-28)15-17-11-18-13-19(12-17)23-21-14-20(3-4-22(21)26-27-23)31-10-2-5-25-24(30)32-16-18/h3-4,11-14H,2,5-10,15-16H2,1H3,(H,25,30)(H,26,27). The molecule has 2 N–H and O–H groups in total. The number of piperazine rings is 1. The highest BCUT2D eigenvalue weighted by Crippen LogP contribution is 2.31. The van der Waals surface area contributed by atoms with E-state index in [1.807, 2.05) is 18.2 Å². The first-order valence-corrected chi connectivity index (χ1v) is 11.2. The summed E-state index contributed by atoms with van der Waals surface area (Å²) in [5.74, 6) is 0.798. The summed E-state index contributed by atoms with van der Waals surface area (Å²) < 4.78 is 11.4. The van der Waals surface area contributed by atoms with Crippen LogP contribution in [-0.4, -0.2) is 72.5 Å². The van der Waals surface area contributed by atoms with E-state index in [9.17, 15) is 4.79 Å². The molecule has 168 valence electrons. The van der Waals surface area contributed by atoms with Crippen LogP contribution in [0.4, 0.5) is 4.79 Å². The van der Waals surface area contributed by atoms with Gasteiger partial charge in [-0.1, -0.05) is 6.07 Å². The molecule has 3 heterocycles. The Bertz CT molecular complexity index is 1100. The normalized spacial score (nSPS) is 18.5. The highest BCUT2D eigenvalue weighted by Gasteiger charge is 2.17. The lowest BCUT2D eigenvalue weighted by atomic mass is 10.0. The molecule has 1 fully saturated rings. The fraction of sp³-hybridized carbons (Fsp3) is 0.417. The SMILES string of the molecule is CN1CCN(Cc2cc3cc(c2)-c2n[nH]c4ccc(cc24)OCCCNC(=O)OC3)CC1. The summed E-state index contributed by atoms with van der Waals surface area (Å²) in [4.78, 5) is 16.9. The van der Waals surface area contributed by atoms with Gasteiger partial charge in [-0.05, 0) is 54.9 Å². The van der Waals surface area contributed by atoms with Gasteiger partial charge in [-0.3, -0.25) is 10.00 Å². The van der Waals surface area contributed by atoms with Crippen LogP contribution in [0.1, 0.15) is 17.5 Å². The van der Waals surface area contributed by atoms with Crippen molar-refractivity contribution in [3.05, 3.63) is 47.5 Å². The molecule has 0 radical (unpaired) electrons. The van der Waals surface area contributed by atoms with Gasteiger partial charge in [0.1, 0.15) is 18.1 Å². The van der Waals surface area contributed by atoms with Crippen LogP contribution >= 0.6 is 0 Å². The number of aromatic nitrogens is 2. The van der Waals surface area contributed by atoms with Gasteiger partial charge in [0, 0.05) is 50.2 Å². The first-order valence-electron chi connectivity index (χ1n) is 11.2. The molecule has 5 rings (SSSR count). The molecule has 3 aromatic rings. The van der Waals surface area contributed by atoms with Crippen LogP contribution in [0.2, 0.25) is 0 Å². The summed E-state index contributed by atoms with van der Waals surface area (Å²) in [5.41, 5.74) is 5.01. The first-order chi connectivity index (χ1) is 15.6. The van der Waals surface area contributed by atoms with E-state index in [-0.39, 0.29) is 6.61 Å². The second kappa shape index (κ2) is 9.18. The number of carbonyl (C=O) groups excluding carboxylic acids is 1. The number of hydrogen-bond acceptors (Lipinski definition) is 6. The van der Waals surface area contributed by atoms with Gasteiger partial charge in [-0.2, -0.15) is 5.10 Å². The fourth-order valence-electron chi connectivity index (χ4n) is 4.29. The summed E-state index contributed by atoms with van der Waals surface area (Å²) >= 11 is 0. The van der Waals surface area contributed by atoms with Gasteiger partial charge >= 0.3 is 6.09 Å². The molecule has 1 saturated heterocycles. The molecule has 32 heavy (non-hydrogen) atoms. The number of rotatable bonds is 2. The Kier molecular flexibility index (Phi) is 5.96. The third-order valence-electron chi connectivity index (χ3n) is 6.09. The number of likely N-dealkylation sites (N-methyl/N-ethyl adjacent to an activating group) is 1. The summed E-state index contributed by atoms with van der Waals surface area (Å²) in [5, 5.41) is 11.6. The highest BCUT2D eigenvalue weighted by molar-refractivity contribution is 5.94. The average Bonchev–Trinajstić information content (AvgIpc) is 3.22. The second-order valence-electron chi connectivity index (χ2n) is 8.60. The van der Waals surface area contributed by atoms with E-state index in [1.165, 1.54) is 5.56 Å². The van der Waals surface area contributed by atoms with Crippen LogP contribution in [0.25, 0.3) is 22.2 Å². The zero-order chi connectivity index (χ0) is 21.9. The van der Waals surface area contributed by atoms with Crippen molar-refractivity contribution in [2.45, 2.75) is 19.6 Å². The monoisotopic (exact) mass is 435 g/mol. The maximum absolute atomic E-state index is 12.1. The smallest absolute Gasteiger partial charge is 0.407 e. The number of amides is 1. The molecule has 0 spiro atoms. The van der Waals surface area contributed by atoms with Crippen molar-refractivity contribution >= 4 is 17.0 Å². The Balaban J connectivity index is 1.52. The van der Waals surface area contributed by atoms with Crippen molar-refractivity contribution < 1.29 is 14.3 Å². The van der Waals surface area contributed by atoms with Gasteiger partial charge in [0.25, 0.3) is 0 Å². The summed E-state index contributed by atoms with van der Waals surface area (Å²) in [6, 6.07) is 12.4. The van der Waals surface area contributed by atoms with Crippen molar-refractivity contribution in [3.63, 3.8) is 0 Å². The Labute approximate surface area is 187 Å². The second-order valence-corrected chi connectivity index (χ2v) is 8.60. The molecule has 2 aliphatic rings. The number of benzene rings is 2. The van der Waals surface area contributed by atoms with Crippen molar-refractivity contribution in [1.29, 1.82) is 0 Å². The molecule has 2 aromatic carbocycles. The number of nitrogens with one attached hydrogen (secondary N) is 2. The van der Waals surface area contributed by atoms with Crippen LogP contribution in [0.15, 0.2) is 36.4 Å². The minimum Gasteiger partial charge on any atom is -0.494 e. The Morgan fingerprint density at radius 1 is 1.06 bits per heavy atom. The molecule has 8 nitrogen and oxygen atoms in total. The number of alkyl carbamates (subject to hydrolysis) is 1. The van der Waals surface area contributed by atoms with E-state index in [0.29, 0.717) is 19.6 Å². The lowest BCUT2D eigenvalue weighted by Gasteiger charge is -2.32. The number of carbonyl (C=O) groups is 1. The van der Waals surface area contributed by atoms with Crippen molar-refractivity contribution in [1.82, 2.24) is 25.3 Å². The zero-order valence-corrected chi connectivity index (χ0v) is 18.4. The van der Waals surface area contributed by atoms with Crippen molar-refractivity contribution in [2.24, 2.45) is 0 Å². The number of nitrogens with zero attached hydrogens (tertiary/aromatic N) is 3. The molecule has 0 atom stereocenters. The molecular formula is C24H29N5O3. The molecule has 0 aliphatic carbocycles. The number of cyclic esters (lactones) is 1.